The number of aliphatic hydroxyl groups is 1. The van der Waals surface area contributed by atoms with E-state index in [0.29, 0.717) is 23.6 Å². The molecule has 4 heterocycles. The molecular formula is C28H33ClN2O6. The van der Waals surface area contributed by atoms with E-state index >= 15 is 0 Å². The van der Waals surface area contributed by atoms with Gasteiger partial charge in [-0.3, -0.25) is 14.4 Å². The number of amides is 2. The van der Waals surface area contributed by atoms with Crippen molar-refractivity contribution in [2.45, 2.75) is 56.9 Å². The first-order valence-corrected chi connectivity index (χ1v) is 13.3. The third-order valence-electron chi connectivity index (χ3n) is 8.44. The highest BCUT2D eigenvalue weighted by Crippen LogP contribution is 2.58. The Balaban J connectivity index is 1.69. The van der Waals surface area contributed by atoms with Crippen LogP contribution in [0.15, 0.2) is 48.6 Å². The van der Waals surface area contributed by atoms with E-state index in [1.54, 1.807) is 42.2 Å². The van der Waals surface area contributed by atoms with Crippen molar-refractivity contribution in [3.8, 4) is 0 Å². The summed E-state index contributed by atoms with van der Waals surface area (Å²) in [6, 6.07) is 5.24. The lowest BCUT2D eigenvalue weighted by molar-refractivity contribution is -0.160. The first kappa shape index (κ1) is 25.9. The summed E-state index contributed by atoms with van der Waals surface area (Å²) in [6.45, 7) is 5.86. The van der Waals surface area contributed by atoms with Crippen LogP contribution in [-0.2, 0) is 23.9 Å². The third kappa shape index (κ3) is 3.92. The number of fused-ring (bicyclic) bond motifs is 2. The maximum absolute atomic E-state index is 14.4. The normalized spacial score (nSPS) is 34.7. The number of carbonyl (C=O) groups is 3. The van der Waals surface area contributed by atoms with Crippen LogP contribution in [0.5, 0.6) is 0 Å². The molecule has 0 radical (unpaired) electrons. The Morgan fingerprint density at radius 3 is 2.51 bits per heavy atom. The predicted molar refractivity (Wildman–Crippen MR) is 138 cm³/mol. The molecule has 2 fully saturated rings. The molecular weight excluding hydrogens is 496 g/mol. The maximum Gasteiger partial charge on any atom is 0.313 e. The Kier molecular flexibility index (Phi) is 6.71. The highest BCUT2D eigenvalue weighted by Gasteiger charge is 2.75. The first-order valence-electron chi connectivity index (χ1n) is 12.9. The van der Waals surface area contributed by atoms with Crippen molar-refractivity contribution in [2.75, 3.05) is 24.7 Å². The number of aliphatic hydroxyl groups excluding tert-OH is 1. The Labute approximate surface area is 221 Å². The van der Waals surface area contributed by atoms with Gasteiger partial charge in [0.1, 0.15) is 17.6 Å². The summed E-state index contributed by atoms with van der Waals surface area (Å²) in [5.41, 5.74) is -1.90. The van der Waals surface area contributed by atoms with Crippen LogP contribution in [0, 0.1) is 17.8 Å². The van der Waals surface area contributed by atoms with Gasteiger partial charge in [0, 0.05) is 17.3 Å². The second kappa shape index (κ2) is 9.57. The van der Waals surface area contributed by atoms with Gasteiger partial charge in [-0.25, -0.2) is 0 Å². The molecule has 1 aromatic rings. The van der Waals surface area contributed by atoms with Gasteiger partial charge in [0.25, 0.3) is 5.91 Å². The van der Waals surface area contributed by atoms with Crippen molar-refractivity contribution < 1.29 is 29.0 Å². The largest absolute Gasteiger partial charge is 0.465 e. The summed E-state index contributed by atoms with van der Waals surface area (Å²) in [4.78, 5) is 45.2. The first-order chi connectivity index (χ1) is 17.7. The monoisotopic (exact) mass is 528 g/mol. The van der Waals surface area contributed by atoms with Gasteiger partial charge in [0.2, 0.25) is 5.91 Å². The van der Waals surface area contributed by atoms with Crippen LogP contribution in [0.1, 0.15) is 33.6 Å². The van der Waals surface area contributed by atoms with E-state index in [1.807, 2.05) is 32.1 Å². The Morgan fingerprint density at radius 1 is 1.11 bits per heavy atom. The van der Waals surface area contributed by atoms with Crippen LogP contribution in [0.25, 0.3) is 0 Å². The van der Waals surface area contributed by atoms with Crippen molar-refractivity contribution in [2.24, 2.45) is 17.8 Å². The van der Waals surface area contributed by atoms with Gasteiger partial charge in [0.05, 0.1) is 30.8 Å². The summed E-state index contributed by atoms with van der Waals surface area (Å²) in [6.07, 6.45) is 8.57. The molecule has 1 N–H and O–H groups in total. The van der Waals surface area contributed by atoms with Crippen molar-refractivity contribution >= 4 is 35.1 Å². The van der Waals surface area contributed by atoms with Crippen molar-refractivity contribution in [3.63, 3.8) is 0 Å². The van der Waals surface area contributed by atoms with Gasteiger partial charge in [-0.1, -0.05) is 56.2 Å². The van der Waals surface area contributed by atoms with Gasteiger partial charge in [-0.05, 0) is 43.5 Å². The van der Waals surface area contributed by atoms with E-state index < -0.39 is 41.1 Å². The maximum atomic E-state index is 14.4. The highest BCUT2D eigenvalue weighted by molar-refractivity contribution is 6.30. The zero-order chi connectivity index (χ0) is 26.5. The molecule has 0 aromatic heterocycles. The Hall–Kier alpha value is -2.68. The SMILES string of the molecule is CC[C@H](C)[C@H](CO)N1C(=O)[C@@H]2[C@@H]3C(=O)OCCC=C[C@]3(C)O[C@@]23C=CCN(c2ccc(Cl)cc2)C(=O)C13. The average molecular weight is 529 g/mol. The number of ether oxygens (including phenoxy) is 2. The molecule has 1 unspecified atom stereocenters. The number of hydrogen-bond donors (Lipinski definition) is 1. The number of nitrogens with zero attached hydrogens (tertiary/aromatic N) is 2. The molecule has 4 aliphatic rings. The second-order valence-corrected chi connectivity index (χ2v) is 11.0. The van der Waals surface area contributed by atoms with Crippen LogP contribution < -0.4 is 4.90 Å². The van der Waals surface area contributed by atoms with Crippen LogP contribution >= 0.6 is 11.6 Å². The Bertz CT molecular complexity index is 1150. The highest BCUT2D eigenvalue weighted by atomic mass is 35.5. The van der Waals surface area contributed by atoms with Gasteiger partial charge in [-0.15, -0.1) is 0 Å². The predicted octanol–water partition coefficient (Wildman–Crippen LogP) is 3.12. The number of anilines is 1. The molecule has 8 nitrogen and oxygen atoms in total. The standard InChI is InChI=1S/C28H33ClN2O6/c1-4-17(2)20(16-32)31-23-25(34)30(19-10-8-18(29)9-11-19)14-7-13-28(23)21(24(31)33)22-26(35)36-15-6-5-12-27(22,3)37-28/h5,7-13,17,20-23,32H,4,6,14-16H2,1-3H3/t17-,20-,21-,22+,23?,27-,28-/m0/s1. The van der Waals surface area contributed by atoms with Crippen LogP contribution in [0.2, 0.25) is 5.02 Å². The molecule has 7 atom stereocenters. The molecule has 0 bridgehead atoms. The van der Waals surface area contributed by atoms with Crippen molar-refractivity contribution in [1.82, 2.24) is 4.90 Å². The minimum absolute atomic E-state index is 0.0931. The van der Waals surface area contributed by atoms with Gasteiger partial charge in [-0.2, -0.15) is 0 Å². The molecule has 37 heavy (non-hydrogen) atoms. The lowest BCUT2D eigenvalue weighted by Gasteiger charge is -2.41. The minimum atomic E-state index is -1.40. The molecule has 0 saturated carbocycles. The molecule has 0 aliphatic carbocycles. The van der Waals surface area contributed by atoms with Gasteiger partial charge < -0.3 is 24.4 Å². The zero-order valence-corrected chi connectivity index (χ0v) is 22.1. The van der Waals surface area contributed by atoms with Crippen molar-refractivity contribution in [3.05, 3.63) is 53.6 Å². The number of halogens is 1. The number of hydrogen-bond acceptors (Lipinski definition) is 6. The molecule has 2 amide bonds. The molecule has 1 aromatic carbocycles. The molecule has 5 rings (SSSR count). The van der Waals surface area contributed by atoms with Crippen LogP contribution in [0.4, 0.5) is 5.69 Å². The number of rotatable bonds is 5. The number of cyclic esters (lactones) is 1. The van der Waals surface area contributed by atoms with Crippen molar-refractivity contribution in [1.29, 1.82) is 0 Å². The molecule has 4 aliphatic heterocycles. The fourth-order valence-electron chi connectivity index (χ4n) is 6.45. The van der Waals surface area contributed by atoms with E-state index in [-0.39, 0.29) is 37.5 Å². The summed E-state index contributed by atoms with van der Waals surface area (Å²) in [7, 11) is 0. The second-order valence-electron chi connectivity index (χ2n) is 10.6. The fourth-order valence-corrected chi connectivity index (χ4v) is 6.58. The quantitative estimate of drug-likeness (QED) is 0.466. The molecule has 198 valence electrons. The zero-order valence-electron chi connectivity index (χ0n) is 21.3. The molecule has 2 saturated heterocycles. The van der Waals surface area contributed by atoms with Gasteiger partial charge in [0.15, 0.2) is 0 Å². The topological polar surface area (TPSA) is 96.4 Å². The van der Waals surface area contributed by atoms with Gasteiger partial charge >= 0.3 is 5.97 Å². The van der Waals surface area contributed by atoms with E-state index in [2.05, 4.69) is 0 Å². The lowest BCUT2D eigenvalue weighted by atomic mass is 9.74. The van der Waals surface area contributed by atoms with E-state index in [4.69, 9.17) is 21.1 Å². The fraction of sp³-hybridized carbons (Fsp3) is 0.536. The number of benzene rings is 1. The smallest absolute Gasteiger partial charge is 0.313 e. The van der Waals surface area contributed by atoms with Crippen LogP contribution in [0.3, 0.4) is 0 Å². The molecule has 9 heteroatoms. The van der Waals surface area contributed by atoms with E-state index in [9.17, 15) is 19.5 Å². The summed E-state index contributed by atoms with van der Waals surface area (Å²) in [5, 5.41) is 11.0. The summed E-state index contributed by atoms with van der Waals surface area (Å²) >= 11 is 6.09. The third-order valence-corrected chi connectivity index (χ3v) is 8.69. The molecule has 1 spiro atoms. The minimum Gasteiger partial charge on any atom is -0.465 e. The average Bonchev–Trinajstić information content (AvgIpc) is 3.19. The summed E-state index contributed by atoms with van der Waals surface area (Å²) in [5.74, 6) is -3.21. The number of likely N-dealkylation sites (tertiary alicyclic amines) is 1. The number of esters is 1. The summed E-state index contributed by atoms with van der Waals surface area (Å²) < 4.78 is 12.3. The lowest BCUT2D eigenvalue weighted by Crippen LogP contribution is -2.60. The number of carbonyl (C=O) groups excluding carboxylic acids is 3. The Morgan fingerprint density at radius 2 is 1.84 bits per heavy atom. The van der Waals surface area contributed by atoms with E-state index in [1.165, 1.54) is 4.90 Å². The van der Waals surface area contributed by atoms with E-state index in [0.717, 1.165) is 0 Å². The van der Waals surface area contributed by atoms with Crippen LogP contribution in [-0.4, -0.2) is 70.8 Å².